The number of hydrogen-bond acceptors (Lipinski definition) is 2. The van der Waals surface area contributed by atoms with E-state index >= 15 is 0 Å². The summed E-state index contributed by atoms with van der Waals surface area (Å²) < 4.78 is 42.1. The van der Waals surface area contributed by atoms with Crippen LogP contribution in [-0.2, 0) is 6.18 Å². The Labute approximate surface area is 86.1 Å². The minimum Gasteiger partial charge on any atom is -0.497 e. The first-order valence-corrected chi connectivity index (χ1v) is 4.47. The molecule has 84 valence electrons. The summed E-state index contributed by atoms with van der Waals surface area (Å²) in [7, 11) is 1.33. The fourth-order valence-corrected chi connectivity index (χ4v) is 1.08. The highest BCUT2D eigenvalue weighted by Gasteiger charge is 2.33. The van der Waals surface area contributed by atoms with Crippen LogP contribution in [0.15, 0.2) is 12.1 Å². The molecule has 1 aromatic heterocycles. The monoisotopic (exact) mass is 219 g/mol. The molecule has 0 amide bonds. The van der Waals surface area contributed by atoms with Gasteiger partial charge in [-0.05, 0) is 5.92 Å². The van der Waals surface area contributed by atoms with Gasteiger partial charge in [-0.15, -0.1) is 0 Å². The van der Waals surface area contributed by atoms with Crippen LogP contribution in [0, 0.1) is 0 Å². The smallest absolute Gasteiger partial charge is 0.433 e. The van der Waals surface area contributed by atoms with Crippen LogP contribution in [0.5, 0.6) is 5.75 Å². The van der Waals surface area contributed by atoms with Gasteiger partial charge in [0.25, 0.3) is 0 Å². The number of nitrogens with zero attached hydrogens (tertiary/aromatic N) is 1. The van der Waals surface area contributed by atoms with Crippen molar-refractivity contribution in [3.63, 3.8) is 0 Å². The molecule has 0 unspecified atom stereocenters. The van der Waals surface area contributed by atoms with Crippen molar-refractivity contribution in [3.05, 3.63) is 23.5 Å². The number of alkyl halides is 3. The van der Waals surface area contributed by atoms with Crippen molar-refractivity contribution in [2.75, 3.05) is 7.11 Å². The molecule has 0 spiro atoms. The van der Waals surface area contributed by atoms with E-state index in [0.717, 1.165) is 6.07 Å². The summed E-state index contributed by atoms with van der Waals surface area (Å²) in [4.78, 5) is 3.55. The molecule has 0 radical (unpaired) electrons. The molecular weight excluding hydrogens is 207 g/mol. The average Bonchev–Trinajstić information content (AvgIpc) is 2.15. The van der Waals surface area contributed by atoms with Gasteiger partial charge in [0.2, 0.25) is 0 Å². The van der Waals surface area contributed by atoms with E-state index in [-0.39, 0.29) is 11.7 Å². The standard InChI is InChI=1S/C10H12F3NO/c1-6(2)8-4-7(15-3)5-9(14-8)10(11,12)13/h4-6H,1-3H3. The molecule has 0 aromatic carbocycles. The van der Waals surface area contributed by atoms with Gasteiger partial charge in [0.15, 0.2) is 0 Å². The van der Waals surface area contributed by atoms with Gasteiger partial charge in [-0.25, -0.2) is 4.98 Å². The first-order chi connectivity index (χ1) is 6.84. The molecule has 1 rings (SSSR count). The lowest BCUT2D eigenvalue weighted by atomic mass is 10.1. The molecule has 0 N–H and O–H groups in total. The molecule has 15 heavy (non-hydrogen) atoms. The van der Waals surface area contributed by atoms with Gasteiger partial charge < -0.3 is 4.74 Å². The lowest BCUT2D eigenvalue weighted by Crippen LogP contribution is -2.10. The lowest BCUT2D eigenvalue weighted by molar-refractivity contribution is -0.141. The van der Waals surface area contributed by atoms with Crippen molar-refractivity contribution in [1.82, 2.24) is 4.98 Å². The van der Waals surface area contributed by atoms with E-state index in [0.29, 0.717) is 5.69 Å². The van der Waals surface area contributed by atoms with Crippen LogP contribution in [0.4, 0.5) is 13.2 Å². The van der Waals surface area contributed by atoms with Gasteiger partial charge in [-0.3, -0.25) is 0 Å². The van der Waals surface area contributed by atoms with Crippen LogP contribution in [-0.4, -0.2) is 12.1 Å². The third kappa shape index (κ3) is 2.84. The number of ether oxygens (including phenoxy) is 1. The van der Waals surface area contributed by atoms with Crippen LogP contribution < -0.4 is 4.74 Å². The summed E-state index contributed by atoms with van der Waals surface area (Å²) in [5.74, 6) is 0.113. The summed E-state index contributed by atoms with van der Waals surface area (Å²) in [6.07, 6.45) is -4.43. The highest BCUT2D eigenvalue weighted by atomic mass is 19.4. The second kappa shape index (κ2) is 4.08. The van der Waals surface area contributed by atoms with E-state index in [4.69, 9.17) is 4.74 Å². The third-order valence-corrected chi connectivity index (χ3v) is 1.94. The van der Waals surface area contributed by atoms with Crippen molar-refractivity contribution in [1.29, 1.82) is 0 Å². The van der Waals surface area contributed by atoms with Gasteiger partial charge in [-0.1, -0.05) is 13.8 Å². The summed E-state index contributed by atoms with van der Waals surface area (Å²) in [5, 5.41) is 0. The Balaban J connectivity index is 3.23. The third-order valence-electron chi connectivity index (χ3n) is 1.94. The molecule has 0 fully saturated rings. The summed E-state index contributed by atoms with van der Waals surface area (Å²) in [6.45, 7) is 3.56. The molecule has 0 aliphatic heterocycles. The molecule has 0 bridgehead atoms. The Hall–Kier alpha value is -1.26. The van der Waals surface area contributed by atoms with Crippen molar-refractivity contribution in [3.8, 4) is 5.75 Å². The minimum absolute atomic E-state index is 0.0683. The summed E-state index contributed by atoms with van der Waals surface area (Å²) in [5.41, 5.74) is -0.535. The fourth-order valence-electron chi connectivity index (χ4n) is 1.08. The van der Waals surface area contributed by atoms with Gasteiger partial charge in [0.1, 0.15) is 11.4 Å². The molecule has 2 nitrogen and oxygen atoms in total. The molecule has 1 heterocycles. The van der Waals surface area contributed by atoms with E-state index < -0.39 is 11.9 Å². The van der Waals surface area contributed by atoms with E-state index in [9.17, 15) is 13.2 Å². The molecule has 0 atom stereocenters. The Morgan fingerprint density at radius 1 is 1.27 bits per heavy atom. The average molecular weight is 219 g/mol. The Kier molecular flexibility index (Phi) is 3.21. The van der Waals surface area contributed by atoms with Crippen LogP contribution >= 0.6 is 0 Å². The first-order valence-electron chi connectivity index (χ1n) is 4.47. The maximum absolute atomic E-state index is 12.4. The number of halogens is 3. The minimum atomic E-state index is -4.43. The largest absolute Gasteiger partial charge is 0.497 e. The predicted octanol–water partition coefficient (Wildman–Crippen LogP) is 3.23. The van der Waals surface area contributed by atoms with E-state index in [1.165, 1.54) is 13.2 Å². The van der Waals surface area contributed by atoms with Crippen molar-refractivity contribution < 1.29 is 17.9 Å². The van der Waals surface area contributed by atoms with Gasteiger partial charge in [0.05, 0.1) is 7.11 Å². The van der Waals surface area contributed by atoms with E-state index in [1.54, 1.807) is 13.8 Å². The zero-order valence-electron chi connectivity index (χ0n) is 8.72. The SMILES string of the molecule is COc1cc(C(C)C)nc(C(F)(F)F)c1. The van der Waals surface area contributed by atoms with Gasteiger partial charge >= 0.3 is 6.18 Å². The van der Waals surface area contributed by atoms with Crippen molar-refractivity contribution in [2.45, 2.75) is 25.9 Å². The Bertz CT molecular complexity index is 347. The Morgan fingerprint density at radius 2 is 1.87 bits per heavy atom. The van der Waals surface area contributed by atoms with Crippen LogP contribution in [0.1, 0.15) is 31.2 Å². The molecule has 1 aromatic rings. The zero-order valence-corrected chi connectivity index (χ0v) is 8.72. The maximum Gasteiger partial charge on any atom is 0.433 e. The molecule has 0 saturated carbocycles. The molecule has 0 aliphatic rings. The van der Waals surface area contributed by atoms with Crippen molar-refractivity contribution in [2.24, 2.45) is 0 Å². The van der Waals surface area contributed by atoms with E-state index in [2.05, 4.69) is 4.98 Å². The number of hydrogen-bond donors (Lipinski definition) is 0. The van der Waals surface area contributed by atoms with E-state index in [1.807, 2.05) is 0 Å². The molecule has 5 heteroatoms. The number of pyridine rings is 1. The molecule has 0 saturated heterocycles. The fraction of sp³-hybridized carbons (Fsp3) is 0.500. The van der Waals surface area contributed by atoms with Gasteiger partial charge in [0, 0.05) is 17.8 Å². The topological polar surface area (TPSA) is 22.1 Å². The number of rotatable bonds is 2. The van der Waals surface area contributed by atoms with Crippen LogP contribution in [0.3, 0.4) is 0 Å². The quantitative estimate of drug-likeness (QED) is 0.761. The predicted molar refractivity (Wildman–Crippen MR) is 49.9 cm³/mol. The van der Waals surface area contributed by atoms with Crippen molar-refractivity contribution >= 4 is 0 Å². The normalized spacial score (nSPS) is 11.9. The second-order valence-electron chi connectivity index (χ2n) is 3.47. The number of aromatic nitrogens is 1. The van der Waals surface area contributed by atoms with Crippen LogP contribution in [0.2, 0.25) is 0 Å². The first kappa shape index (κ1) is 11.8. The summed E-state index contributed by atoms with van der Waals surface area (Å²) in [6, 6.07) is 2.41. The van der Waals surface area contributed by atoms with Crippen LogP contribution in [0.25, 0.3) is 0 Å². The highest BCUT2D eigenvalue weighted by Crippen LogP contribution is 2.31. The second-order valence-corrected chi connectivity index (χ2v) is 3.47. The summed E-state index contributed by atoms with van der Waals surface area (Å²) >= 11 is 0. The highest BCUT2D eigenvalue weighted by molar-refractivity contribution is 5.29. The lowest BCUT2D eigenvalue weighted by Gasteiger charge is -2.12. The molecular formula is C10H12F3NO. The Morgan fingerprint density at radius 3 is 2.27 bits per heavy atom. The number of methoxy groups -OCH3 is 1. The van der Waals surface area contributed by atoms with Gasteiger partial charge in [-0.2, -0.15) is 13.2 Å². The maximum atomic E-state index is 12.4. The zero-order chi connectivity index (χ0) is 11.6. The molecule has 0 aliphatic carbocycles.